The molecule has 1 saturated heterocycles. The maximum atomic E-state index is 14.2. The van der Waals surface area contributed by atoms with Crippen LogP contribution in [0.3, 0.4) is 0 Å². The quantitative estimate of drug-likeness (QED) is 0.813. The van der Waals surface area contributed by atoms with Crippen LogP contribution in [0.2, 0.25) is 0 Å². The highest BCUT2D eigenvalue weighted by molar-refractivity contribution is 9.10. The zero-order valence-electron chi connectivity index (χ0n) is 12.8. The molecule has 21 heavy (non-hydrogen) atoms. The summed E-state index contributed by atoms with van der Waals surface area (Å²) in [6, 6.07) is 2.99. The van der Waals surface area contributed by atoms with Crippen molar-refractivity contribution in [3.63, 3.8) is 0 Å². The van der Waals surface area contributed by atoms with Crippen LogP contribution in [0, 0.1) is 11.6 Å². The van der Waals surface area contributed by atoms with Crippen molar-refractivity contribution < 1.29 is 8.78 Å². The van der Waals surface area contributed by atoms with Crippen molar-refractivity contribution in [2.75, 3.05) is 13.1 Å². The number of piperazine rings is 1. The Morgan fingerprint density at radius 2 is 2.00 bits per heavy atom. The fourth-order valence-corrected chi connectivity index (χ4v) is 3.32. The topological polar surface area (TPSA) is 15.3 Å². The van der Waals surface area contributed by atoms with Crippen LogP contribution in [0.25, 0.3) is 0 Å². The maximum absolute atomic E-state index is 14.2. The third kappa shape index (κ3) is 3.46. The highest BCUT2D eigenvalue weighted by Crippen LogP contribution is 2.27. The Kier molecular flexibility index (Phi) is 5.38. The molecular formula is C16H23BrF2N2. The summed E-state index contributed by atoms with van der Waals surface area (Å²) < 4.78 is 28.5. The first-order valence-corrected chi connectivity index (χ1v) is 8.33. The lowest BCUT2D eigenvalue weighted by Gasteiger charge is -2.46. The van der Waals surface area contributed by atoms with E-state index < -0.39 is 11.6 Å². The van der Waals surface area contributed by atoms with E-state index >= 15 is 0 Å². The molecule has 1 heterocycles. The summed E-state index contributed by atoms with van der Waals surface area (Å²) in [4.78, 5) is 2.18. The van der Waals surface area contributed by atoms with Crippen molar-refractivity contribution in [3.8, 4) is 0 Å². The maximum Gasteiger partial charge on any atom is 0.144 e. The third-order valence-electron chi connectivity index (χ3n) is 4.76. The predicted octanol–water partition coefficient (Wildman–Crippen LogP) is 4.08. The lowest BCUT2D eigenvalue weighted by Crippen LogP contribution is -2.62. The largest absolute Gasteiger partial charge is 0.308 e. The van der Waals surface area contributed by atoms with Gasteiger partial charge in [-0.05, 0) is 47.8 Å². The summed E-state index contributed by atoms with van der Waals surface area (Å²) in [7, 11) is 0. The van der Waals surface area contributed by atoms with Crippen LogP contribution >= 0.6 is 15.9 Å². The van der Waals surface area contributed by atoms with Gasteiger partial charge in [0.25, 0.3) is 0 Å². The van der Waals surface area contributed by atoms with E-state index in [2.05, 4.69) is 46.9 Å². The fourth-order valence-electron chi connectivity index (χ4n) is 2.95. The van der Waals surface area contributed by atoms with Gasteiger partial charge in [-0.25, -0.2) is 8.78 Å². The first-order chi connectivity index (χ1) is 9.92. The molecule has 0 aromatic heterocycles. The molecule has 0 aliphatic carbocycles. The minimum absolute atomic E-state index is 0.0471. The van der Waals surface area contributed by atoms with Gasteiger partial charge < -0.3 is 5.32 Å². The molecule has 1 atom stereocenters. The SMILES string of the molecule is CCC1(CC)CN(Cc2c(F)ccc(Br)c2F)C(C)CN1. The van der Waals surface area contributed by atoms with Crippen LogP contribution in [-0.4, -0.2) is 29.6 Å². The van der Waals surface area contributed by atoms with Crippen LogP contribution in [0.1, 0.15) is 39.2 Å². The summed E-state index contributed by atoms with van der Waals surface area (Å²) in [5.74, 6) is -0.959. The number of hydrogen-bond acceptors (Lipinski definition) is 2. The van der Waals surface area contributed by atoms with Crippen LogP contribution in [0.4, 0.5) is 8.78 Å². The van der Waals surface area contributed by atoms with E-state index in [0.717, 1.165) is 25.9 Å². The van der Waals surface area contributed by atoms with Crippen molar-refractivity contribution in [1.29, 1.82) is 0 Å². The molecule has 0 bridgehead atoms. The Balaban J connectivity index is 2.23. The second-order valence-corrected chi connectivity index (χ2v) is 6.80. The Bertz CT molecular complexity index is 503. The first-order valence-electron chi connectivity index (χ1n) is 7.54. The highest BCUT2D eigenvalue weighted by Gasteiger charge is 2.35. The monoisotopic (exact) mass is 360 g/mol. The Labute approximate surface area is 134 Å². The number of benzene rings is 1. The van der Waals surface area contributed by atoms with Crippen molar-refractivity contribution in [2.24, 2.45) is 0 Å². The molecule has 118 valence electrons. The van der Waals surface area contributed by atoms with Crippen LogP contribution in [0.15, 0.2) is 16.6 Å². The molecule has 1 fully saturated rings. The summed E-state index contributed by atoms with van der Waals surface area (Å²) >= 11 is 3.14. The number of nitrogens with one attached hydrogen (secondary N) is 1. The normalized spacial score (nSPS) is 22.5. The number of hydrogen-bond donors (Lipinski definition) is 1. The van der Waals surface area contributed by atoms with Crippen LogP contribution < -0.4 is 5.32 Å². The average Bonchev–Trinajstić information content (AvgIpc) is 2.50. The molecular weight excluding hydrogens is 338 g/mol. The van der Waals surface area contributed by atoms with E-state index in [1.54, 1.807) is 0 Å². The Hall–Kier alpha value is -0.520. The van der Waals surface area contributed by atoms with Crippen molar-refractivity contribution >= 4 is 15.9 Å². The lowest BCUT2D eigenvalue weighted by atomic mass is 9.88. The van der Waals surface area contributed by atoms with Crippen molar-refractivity contribution in [1.82, 2.24) is 10.2 Å². The number of rotatable bonds is 4. The average molecular weight is 361 g/mol. The van der Waals surface area contributed by atoms with Gasteiger partial charge in [-0.1, -0.05) is 13.8 Å². The molecule has 1 unspecified atom stereocenters. The van der Waals surface area contributed by atoms with Gasteiger partial charge in [-0.15, -0.1) is 0 Å². The zero-order valence-corrected chi connectivity index (χ0v) is 14.4. The summed E-state index contributed by atoms with van der Waals surface area (Å²) in [6.45, 7) is 8.37. The molecule has 0 spiro atoms. The van der Waals surface area contributed by atoms with Crippen molar-refractivity contribution in [2.45, 2.75) is 51.7 Å². The molecule has 0 radical (unpaired) electrons. The third-order valence-corrected chi connectivity index (χ3v) is 5.37. The van der Waals surface area contributed by atoms with E-state index in [1.807, 2.05) is 0 Å². The molecule has 1 N–H and O–H groups in total. The fraction of sp³-hybridized carbons (Fsp3) is 0.625. The smallest absolute Gasteiger partial charge is 0.144 e. The van der Waals surface area contributed by atoms with E-state index in [9.17, 15) is 8.78 Å². The Morgan fingerprint density at radius 3 is 2.62 bits per heavy atom. The highest BCUT2D eigenvalue weighted by atomic mass is 79.9. The first kappa shape index (κ1) is 16.8. The van der Waals surface area contributed by atoms with Gasteiger partial charge in [0.1, 0.15) is 11.6 Å². The molecule has 0 saturated carbocycles. The molecule has 1 aliphatic heterocycles. The molecule has 1 aromatic carbocycles. The summed E-state index contributed by atoms with van der Waals surface area (Å²) in [5.41, 5.74) is 0.199. The van der Waals surface area contributed by atoms with Crippen LogP contribution in [-0.2, 0) is 6.54 Å². The van der Waals surface area contributed by atoms with Gasteiger partial charge in [0.15, 0.2) is 0 Å². The molecule has 5 heteroatoms. The zero-order chi connectivity index (χ0) is 15.6. The second kappa shape index (κ2) is 6.71. The summed E-state index contributed by atoms with van der Waals surface area (Å²) in [5, 5.41) is 3.60. The van der Waals surface area contributed by atoms with Gasteiger partial charge in [-0.3, -0.25) is 4.90 Å². The van der Waals surface area contributed by atoms with Gasteiger partial charge in [-0.2, -0.15) is 0 Å². The van der Waals surface area contributed by atoms with Gasteiger partial charge in [0.05, 0.1) is 4.47 Å². The molecule has 1 aromatic rings. The minimum Gasteiger partial charge on any atom is -0.308 e. The van der Waals surface area contributed by atoms with E-state index in [-0.39, 0.29) is 17.1 Å². The number of nitrogens with zero attached hydrogens (tertiary/aromatic N) is 1. The van der Waals surface area contributed by atoms with E-state index in [4.69, 9.17) is 0 Å². The Morgan fingerprint density at radius 1 is 1.33 bits per heavy atom. The van der Waals surface area contributed by atoms with E-state index in [1.165, 1.54) is 12.1 Å². The standard InChI is InChI=1S/C16H23BrF2N2/c1-4-16(5-2)10-21(11(3)8-20-16)9-12-14(18)7-6-13(17)15(12)19/h6-7,11,20H,4-5,8-10H2,1-3H3. The molecule has 2 nitrogen and oxygen atoms in total. The van der Waals surface area contributed by atoms with Gasteiger partial charge in [0, 0.05) is 36.8 Å². The molecule has 1 aliphatic rings. The van der Waals surface area contributed by atoms with Gasteiger partial charge in [0.2, 0.25) is 0 Å². The summed E-state index contributed by atoms with van der Waals surface area (Å²) in [6.07, 6.45) is 2.02. The van der Waals surface area contributed by atoms with E-state index in [0.29, 0.717) is 11.0 Å². The number of halogens is 3. The lowest BCUT2D eigenvalue weighted by molar-refractivity contribution is 0.0726. The van der Waals surface area contributed by atoms with Crippen molar-refractivity contribution in [3.05, 3.63) is 33.8 Å². The minimum atomic E-state index is -0.487. The predicted molar refractivity (Wildman–Crippen MR) is 85.2 cm³/mol. The molecule has 0 amide bonds. The van der Waals surface area contributed by atoms with Gasteiger partial charge >= 0.3 is 0 Å². The molecule has 2 rings (SSSR count). The second-order valence-electron chi connectivity index (χ2n) is 5.94. The van der Waals surface area contributed by atoms with Crippen LogP contribution in [0.5, 0.6) is 0 Å².